The number of aryl methyl sites for hydroxylation is 2. The largest absolute Gasteiger partial charge is 0.339 e. The highest BCUT2D eigenvalue weighted by atomic mass is 35.5. The van der Waals surface area contributed by atoms with Gasteiger partial charge in [0.05, 0.1) is 0 Å². The molecule has 3 rings (SSSR count). The van der Waals surface area contributed by atoms with Gasteiger partial charge in [-0.05, 0) is 43.2 Å². The number of carbonyl (C=O) groups excluding carboxylic acids is 1. The van der Waals surface area contributed by atoms with Crippen molar-refractivity contribution >= 4 is 23.2 Å². The molecule has 0 radical (unpaired) electrons. The summed E-state index contributed by atoms with van der Waals surface area (Å²) in [7, 11) is 0. The normalized spacial score (nSPS) is 10.7. The molecule has 3 aromatic rings. The maximum atomic E-state index is 12.2. The van der Waals surface area contributed by atoms with Crippen molar-refractivity contribution in [3.63, 3.8) is 0 Å². The Labute approximate surface area is 151 Å². The fourth-order valence-electron chi connectivity index (χ4n) is 2.42. The van der Waals surface area contributed by atoms with Crippen molar-refractivity contribution in [3.05, 3.63) is 64.5 Å². The van der Waals surface area contributed by atoms with E-state index in [4.69, 9.17) is 16.1 Å². The van der Waals surface area contributed by atoms with Crippen LogP contribution in [0.4, 0.5) is 5.69 Å². The average Bonchev–Trinajstić information content (AvgIpc) is 3.06. The highest BCUT2D eigenvalue weighted by Crippen LogP contribution is 2.21. The van der Waals surface area contributed by atoms with E-state index in [1.807, 2.05) is 44.2 Å². The first-order valence-corrected chi connectivity index (χ1v) is 8.35. The smallest absolute Gasteiger partial charge is 0.227 e. The lowest BCUT2D eigenvalue weighted by Gasteiger charge is -2.09. The van der Waals surface area contributed by atoms with Gasteiger partial charge >= 0.3 is 0 Å². The summed E-state index contributed by atoms with van der Waals surface area (Å²) in [5.41, 5.74) is 3.82. The van der Waals surface area contributed by atoms with Crippen LogP contribution < -0.4 is 5.32 Å². The highest BCUT2D eigenvalue weighted by molar-refractivity contribution is 6.30. The first kappa shape index (κ1) is 17.2. The topological polar surface area (TPSA) is 68.0 Å². The maximum absolute atomic E-state index is 12.2. The van der Waals surface area contributed by atoms with E-state index in [1.54, 1.807) is 12.1 Å². The molecule has 25 heavy (non-hydrogen) atoms. The van der Waals surface area contributed by atoms with Crippen LogP contribution in [0.1, 0.15) is 23.4 Å². The molecule has 128 valence electrons. The van der Waals surface area contributed by atoms with Gasteiger partial charge in [0, 0.05) is 29.1 Å². The van der Waals surface area contributed by atoms with Crippen molar-refractivity contribution < 1.29 is 9.32 Å². The molecule has 0 saturated heterocycles. The zero-order valence-electron chi connectivity index (χ0n) is 14.0. The minimum atomic E-state index is -0.0868. The number of aromatic nitrogens is 2. The summed E-state index contributed by atoms with van der Waals surface area (Å²) in [4.78, 5) is 16.5. The van der Waals surface area contributed by atoms with E-state index in [9.17, 15) is 4.79 Å². The molecule has 0 fully saturated rings. The summed E-state index contributed by atoms with van der Waals surface area (Å²) in [6, 6.07) is 13.1. The molecule has 0 unspecified atom stereocenters. The zero-order chi connectivity index (χ0) is 17.8. The molecule has 0 aliphatic heterocycles. The van der Waals surface area contributed by atoms with Crippen LogP contribution in [0, 0.1) is 13.8 Å². The Bertz CT molecular complexity index is 905. The van der Waals surface area contributed by atoms with Crippen molar-refractivity contribution in [3.8, 4) is 11.4 Å². The van der Waals surface area contributed by atoms with Crippen molar-refractivity contribution in [1.82, 2.24) is 10.1 Å². The van der Waals surface area contributed by atoms with Crippen LogP contribution in [-0.4, -0.2) is 16.0 Å². The van der Waals surface area contributed by atoms with Crippen LogP contribution >= 0.6 is 11.6 Å². The van der Waals surface area contributed by atoms with Crippen LogP contribution in [0.3, 0.4) is 0 Å². The minimum Gasteiger partial charge on any atom is -0.339 e. The van der Waals surface area contributed by atoms with Crippen LogP contribution in [-0.2, 0) is 11.2 Å². The minimum absolute atomic E-state index is 0.0868. The van der Waals surface area contributed by atoms with Crippen molar-refractivity contribution in [2.75, 3.05) is 5.32 Å². The Hall–Kier alpha value is -2.66. The number of rotatable bonds is 5. The van der Waals surface area contributed by atoms with Crippen LogP contribution in [0.5, 0.6) is 0 Å². The number of hydrogen-bond acceptors (Lipinski definition) is 4. The van der Waals surface area contributed by atoms with Crippen LogP contribution in [0.25, 0.3) is 11.4 Å². The molecular formula is C19H18ClN3O2. The Morgan fingerprint density at radius 2 is 2.00 bits per heavy atom. The molecule has 0 spiro atoms. The molecule has 0 bridgehead atoms. The molecule has 0 atom stereocenters. The summed E-state index contributed by atoms with van der Waals surface area (Å²) in [6.07, 6.45) is 0.648. The predicted octanol–water partition coefficient (Wildman–Crippen LogP) is 4.58. The molecule has 1 heterocycles. The number of halogens is 1. The summed E-state index contributed by atoms with van der Waals surface area (Å²) < 4.78 is 5.22. The molecular weight excluding hydrogens is 338 g/mol. The van der Waals surface area contributed by atoms with Gasteiger partial charge < -0.3 is 9.84 Å². The summed E-state index contributed by atoms with van der Waals surface area (Å²) >= 11 is 5.97. The lowest BCUT2D eigenvalue weighted by molar-refractivity contribution is -0.116. The number of amides is 1. The molecule has 1 N–H and O–H groups in total. The Morgan fingerprint density at radius 1 is 1.20 bits per heavy atom. The SMILES string of the molecule is Cc1cccc(NC(=O)CCc2nc(-c3cccc(Cl)c3)no2)c1C. The quantitative estimate of drug-likeness (QED) is 0.727. The number of nitrogens with one attached hydrogen (secondary N) is 1. The zero-order valence-corrected chi connectivity index (χ0v) is 14.8. The molecule has 0 aliphatic rings. The van der Waals surface area contributed by atoms with Gasteiger partial charge in [-0.3, -0.25) is 4.79 Å². The summed E-state index contributed by atoms with van der Waals surface area (Å²) in [6.45, 7) is 4.00. The van der Waals surface area contributed by atoms with Gasteiger partial charge in [0.1, 0.15) is 0 Å². The van der Waals surface area contributed by atoms with Gasteiger partial charge in [0.15, 0.2) is 0 Å². The molecule has 5 nitrogen and oxygen atoms in total. The van der Waals surface area contributed by atoms with Crippen LogP contribution in [0.2, 0.25) is 5.02 Å². The molecule has 6 heteroatoms. The fraction of sp³-hybridized carbons (Fsp3) is 0.211. The molecule has 0 saturated carbocycles. The summed E-state index contributed by atoms with van der Waals surface area (Å²) in [5, 5.41) is 7.47. The van der Waals surface area contributed by atoms with Gasteiger partial charge in [0.25, 0.3) is 0 Å². The monoisotopic (exact) mass is 355 g/mol. The molecule has 2 aromatic carbocycles. The number of carbonyl (C=O) groups is 1. The third kappa shape index (κ3) is 4.25. The van der Waals surface area contributed by atoms with Gasteiger partial charge in [-0.1, -0.05) is 41.0 Å². The third-order valence-electron chi connectivity index (χ3n) is 4.00. The Balaban J connectivity index is 1.60. The lowest BCUT2D eigenvalue weighted by atomic mass is 10.1. The van der Waals surface area contributed by atoms with E-state index in [2.05, 4.69) is 15.5 Å². The van der Waals surface area contributed by atoms with Gasteiger partial charge in [-0.2, -0.15) is 4.98 Å². The Kier molecular flexibility index (Phi) is 5.14. The second-order valence-electron chi connectivity index (χ2n) is 5.82. The third-order valence-corrected chi connectivity index (χ3v) is 4.23. The average molecular weight is 356 g/mol. The van der Waals surface area contributed by atoms with Gasteiger partial charge in [-0.15, -0.1) is 0 Å². The summed E-state index contributed by atoms with van der Waals surface area (Å²) in [5.74, 6) is 0.801. The first-order chi connectivity index (χ1) is 12.0. The van der Waals surface area contributed by atoms with Gasteiger partial charge in [-0.25, -0.2) is 0 Å². The van der Waals surface area contributed by atoms with E-state index in [-0.39, 0.29) is 12.3 Å². The van der Waals surface area contributed by atoms with Crippen molar-refractivity contribution in [2.24, 2.45) is 0 Å². The highest BCUT2D eigenvalue weighted by Gasteiger charge is 2.12. The second-order valence-corrected chi connectivity index (χ2v) is 6.25. The van der Waals surface area contributed by atoms with Crippen LogP contribution in [0.15, 0.2) is 47.0 Å². The Morgan fingerprint density at radius 3 is 2.80 bits per heavy atom. The number of anilines is 1. The van der Waals surface area contributed by atoms with Gasteiger partial charge in [0.2, 0.25) is 17.6 Å². The standard InChI is InChI=1S/C19H18ClN3O2/c1-12-5-3-8-16(13(12)2)21-17(24)9-10-18-22-19(23-25-18)14-6-4-7-15(20)11-14/h3-8,11H,9-10H2,1-2H3,(H,21,24). The van der Waals surface area contributed by atoms with E-state index >= 15 is 0 Å². The predicted molar refractivity (Wildman–Crippen MR) is 97.6 cm³/mol. The van der Waals surface area contributed by atoms with E-state index in [0.29, 0.717) is 23.2 Å². The molecule has 1 amide bonds. The first-order valence-electron chi connectivity index (χ1n) is 7.97. The van der Waals surface area contributed by atoms with Crippen molar-refractivity contribution in [2.45, 2.75) is 26.7 Å². The van der Waals surface area contributed by atoms with E-state index in [1.165, 1.54) is 0 Å². The number of hydrogen-bond donors (Lipinski definition) is 1. The molecule has 1 aromatic heterocycles. The fourth-order valence-corrected chi connectivity index (χ4v) is 2.61. The van der Waals surface area contributed by atoms with E-state index < -0.39 is 0 Å². The maximum Gasteiger partial charge on any atom is 0.227 e. The number of benzene rings is 2. The lowest BCUT2D eigenvalue weighted by Crippen LogP contribution is -2.13. The molecule has 0 aliphatic carbocycles. The van der Waals surface area contributed by atoms with E-state index in [0.717, 1.165) is 22.4 Å². The number of nitrogens with zero attached hydrogens (tertiary/aromatic N) is 2. The van der Waals surface area contributed by atoms with Crippen molar-refractivity contribution in [1.29, 1.82) is 0 Å². The second kappa shape index (κ2) is 7.49.